The van der Waals surface area contributed by atoms with Crippen molar-refractivity contribution < 1.29 is 5.11 Å². The van der Waals surface area contributed by atoms with Gasteiger partial charge in [0.2, 0.25) is 0 Å². The number of hydrogen-bond donors (Lipinski definition) is 1. The summed E-state index contributed by atoms with van der Waals surface area (Å²) in [6, 6.07) is 5.09. The third-order valence-electron chi connectivity index (χ3n) is 1.81. The summed E-state index contributed by atoms with van der Waals surface area (Å²) in [6.07, 6.45) is 5.10. The van der Waals surface area contributed by atoms with E-state index in [1.165, 1.54) is 0 Å². The molecule has 0 aliphatic heterocycles. The summed E-state index contributed by atoms with van der Waals surface area (Å²) < 4.78 is 0. The van der Waals surface area contributed by atoms with E-state index in [0.717, 1.165) is 11.1 Å². The minimum Gasteiger partial charge on any atom is -0.506 e. The quantitative estimate of drug-likeness (QED) is 0.746. The molecule has 0 spiro atoms. The fraction of sp³-hybridized carbons (Fsp3) is 0. The predicted octanol–water partition coefficient (Wildman–Crippen LogP) is 3.80. The lowest BCUT2D eigenvalue weighted by Gasteiger charge is -2.05. The van der Waals surface area contributed by atoms with Gasteiger partial charge < -0.3 is 5.11 Å². The molecule has 0 saturated heterocycles. The van der Waals surface area contributed by atoms with Crippen LogP contribution in [0.2, 0.25) is 5.02 Å². The van der Waals surface area contributed by atoms with Gasteiger partial charge in [-0.25, -0.2) is 0 Å². The molecule has 0 amide bonds. The van der Waals surface area contributed by atoms with Crippen LogP contribution in [0.15, 0.2) is 49.6 Å². The Labute approximate surface area is 88.6 Å². The molecular formula is C12H11ClO. The second kappa shape index (κ2) is 4.68. The Kier molecular flexibility index (Phi) is 3.55. The van der Waals surface area contributed by atoms with E-state index in [1.807, 2.05) is 6.07 Å². The monoisotopic (exact) mass is 206 g/mol. The molecule has 0 aliphatic carbocycles. The first-order valence-electron chi connectivity index (χ1n) is 4.13. The third-order valence-corrected chi connectivity index (χ3v) is 2.20. The molecule has 0 atom stereocenters. The van der Waals surface area contributed by atoms with Crippen molar-refractivity contribution in [2.24, 2.45) is 0 Å². The third kappa shape index (κ3) is 2.06. The van der Waals surface area contributed by atoms with Gasteiger partial charge in [-0.05, 0) is 11.6 Å². The van der Waals surface area contributed by atoms with E-state index in [4.69, 9.17) is 11.6 Å². The topological polar surface area (TPSA) is 20.2 Å². The van der Waals surface area contributed by atoms with Gasteiger partial charge in [0.05, 0.1) is 5.02 Å². The largest absolute Gasteiger partial charge is 0.506 e. The van der Waals surface area contributed by atoms with Gasteiger partial charge in [-0.2, -0.15) is 0 Å². The summed E-state index contributed by atoms with van der Waals surface area (Å²) in [4.78, 5) is 0. The Hall–Kier alpha value is -1.47. The first kappa shape index (κ1) is 10.6. The number of aromatic hydroxyl groups is 1. The molecule has 0 saturated carbocycles. The lowest BCUT2D eigenvalue weighted by Crippen LogP contribution is -1.82. The van der Waals surface area contributed by atoms with Gasteiger partial charge in [0.1, 0.15) is 5.75 Å². The smallest absolute Gasteiger partial charge is 0.134 e. The predicted molar refractivity (Wildman–Crippen MR) is 61.5 cm³/mol. The van der Waals surface area contributed by atoms with E-state index >= 15 is 0 Å². The highest BCUT2D eigenvalue weighted by molar-refractivity contribution is 6.33. The van der Waals surface area contributed by atoms with Gasteiger partial charge in [0, 0.05) is 5.56 Å². The van der Waals surface area contributed by atoms with Gasteiger partial charge in [-0.15, -0.1) is 0 Å². The Balaban J connectivity index is 3.30. The van der Waals surface area contributed by atoms with Crippen LogP contribution in [0.4, 0.5) is 0 Å². The molecule has 1 aromatic carbocycles. The molecule has 1 nitrogen and oxygen atoms in total. The summed E-state index contributed by atoms with van der Waals surface area (Å²) in [5.74, 6) is 0.0704. The Morgan fingerprint density at radius 2 is 2.07 bits per heavy atom. The number of benzene rings is 1. The molecule has 0 unspecified atom stereocenters. The van der Waals surface area contributed by atoms with Crippen LogP contribution in [0.3, 0.4) is 0 Å². The standard InChI is InChI=1S/C12H11ClO/c1-3-6-9(4-2)10-7-5-8-11(14)12(10)13/h3-8,14H,1-2H2/b9-6+. The molecule has 1 aromatic rings. The zero-order valence-corrected chi connectivity index (χ0v) is 8.46. The Morgan fingerprint density at radius 3 is 2.64 bits per heavy atom. The van der Waals surface area contributed by atoms with Crippen LogP contribution in [-0.4, -0.2) is 5.11 Å². The second-order valence-electron chi connectivity index (χ2n) is 2.70. The minimum absolute atomic E-state index is 0.0704. The highest BCUT2D eigenvalue weighted by atomic mass is 35.5. The van der Waals surface area contributed by atoms with E-state index in [0.29, 0.717) is 5.02 Å². The highest BCUT2D eigenvalue weighted by Crippen LogP contribution is 2.31. The Bertz CT molecular complexity index is 391. The van der Waals surface area contributed by atoms with Crippen molar-refractivity contribution in [2.45, 2.75) is 0 Å². The van der Waals surface area contributed by atoms with Crippen LogP contribution < -0.4 is 0 Å². The van der Waals surface area contributed by atoms with E-state index < -0.39 is 0 Å². The van der Waals surface area contributed by atoms with Crippen molar-refractivity contribution in [1.29, 1.82) is 0 Å². The number of halogens is 1. The molecule has 0 aromatic heterocycles. The molecule has 0 bridgehead atoms. The lowest BCUT2D eigenvalue weighted by molar-refractivity contribution is 0.475. The minimum atomic E-state index is 0.0704. The maximum atomic E-state index is 9.39. The van der Waals surface area contributed by atoms with Crippen molar-refractivity contribution >= 4 is 17.2 Å². The normalized spacial score (nSPS) is 11.1. The zero-order valence-electron chi connectivity index (χ0n) is 7.70. The molecule has 14 heavy (non-hydrogen) atoms. The molecule has 0 fully saturated rings. The van der Waals surface area contributed by atoms with Crippen molar-refractivity contribution in [3.63, 3.8) is 0 Å². The fourth-order valence-electron chi connectivity index (χ4n) is 1.14. The van der Waals surface area contributed by atoms with Crippen molar-refractivity contribution in [3.8, 4) is 5.75 Å². The zero-order chi connectivity index (χ0) is 10.6. The van der Waals surface area contributed by atoms with Crippen molar-refractivity contribution in [1.82, 2.24) is 0 Å². The van der Waals surface area contributed by atoms with Crippen LogP contribution in [-0.2, 0) is 0 Å². The Morgan fingerprint density at radius 1 is 1.36 bits per heavy atom. The first-order valence-corrected chi connectivity index (χ1v) is 4.51. The number of phenols is 1. The van der Waals surface area contributed by atoms with Crippen LogP contribution in [0.1, 0.15) is 5.56 Å². The van der Waals surface area contributed by atoms with Gasteiger partial charge in [0.25, 0.3) is 0 Å². The summed E-state index contributed by atoms with van der Waals surface area (Å²) in [5.41, 5.74) is 1.59. The number of rotatable bonds is 3. The maximum absolute atomic E-state index is 9.39. The number of hydrogen-bond acceptors (Lipinski definition) is 1. The van der Waals surface area contributed by atoms with Crippen molar-refractivity contribution in [2.75, 3.05) is 0 Å². The summed E-state index contributed by atoms with van der Waals surface area (Å²) in [7, 11) is 0. The van der Waals surface area contributed by atoms with Crippen LogP contribution in [0.25, 0.3) is 5.57 Å². The second-order valence-corrected chi connectivity index (χ2v) is 3.08. The maximum Gasteiger partial charge on any atom is 0.134 e. The molecule has 0 radical (unpaired) electrons. The summed E-state index contributed by atoms with van der Waals surface area (Å²) >= 11 is 5.93. The van der Waals surface area contributed by atoms with Gasteiger partial charge >= 0.3 is 0 Å². The van der Waals surface area contributed by atoms with Gasteiger partial charge in [-0.3, -0.25) is 0 Å². The van der Waals surface area contributed by atoms with E-state index in [9.17, 15) is 5.11 Å². The lowest BCUT2D eigenvalue weighted by atomic mass is 10.1. The van der Waals surface area contributed by atoms with Crippen LogP contribution in [0, 0.1) is 0 Å². The van der Waals surface area contributed by atoms with E-state index in [2.05, 4.69) is 13.2 Å². The average molecular weight is 207 g/mol. The average Bonchev–Trinajstić information content (AvgIpc) is 2.19. The van der Waals surface area contributed by atoms with Gasteiger partial charge in [-0.1, -0.05) is 55.1 Å². The SMILES string of the molecule is C=C/C=C(\C=C)c1cccc(O)c1Cl. The van der Waals surface area contributed by atoms with Crippen LogP contribution >= 0.6 is 11.6 Å². The van der Waals surface area contributed by atoms with Crippen molar-refractivity contribution in [3.05, 3.63) is 60.2 Å². The number of phenolic OH excluding ortho intramolecular Hbond substituents is 1. The first-order chi connectivity index (χ1) is 6.70. The molecular weight excluding hydrogens is 196 g/mol. The van der Waals surface area contributed by atoms with Crippen LogP contribution in [0.5, 0.6) is 5.75 Å². The highest BCUT2D eigenvalue weighted by Gasteiger charge is 2.06. The van der Waals surface area contributed by atoms with E-state index in [1.54, 1.807) is 30.4 Å². The van der Waals surface area contributed by atoms with Gasteiger partial charge in [0.15, 0.2) is 0 Å². The molecule has 1 rings (SSSR count). The molecule has 1 N–H and O–H groups in total. The molecule has 0 heterocycles. The van der Waals surface area contributed by atoms with E-state index in [-0.39, 0.29) is 5.75 Å². The summed E-state index contributed by atoms with van der Waals surface area (Å²) in [6.45, 7) is 7.27. The molecule has 2 heteroatoms. The summed E-state index contributed by atoms with van der Waals surface area (Å²) in [5, 5.41) is 9.73. The fourth-order valence-corrected chi connectivity index (χ4v) is 1.37. The molecule has 72 valence electrons. The molecule has 0 aliphatic rings. The number of allylic oxidation sites excluding steroid dienone is 4.